The second-order valence-corrected chi connectivity index (χ2v) is 6.22. The number of carbonyl (C=O) groups excluding carboxylic acids is 1. The summed E-state index contributed by atoms with van der Waals surface area (Å²) >= 11 is 0. The molecule has 0 fully saturated rings. The first-order chi connectivity index (χ1) is 14.2. The van der Waals surface area contributed by atoms with Gasteiger partial charge in [0.05, 0.1) is 5.52 Å². The molecule has 3 aromatic rings. The highest BCUT2D eigenvalue weighted by Crippen LogP contribution is 2.25. The van der Waals surface area contributed by atoms with Gasteiger partial charge in [-0.15, -0.1) is 38.0 Å². The van der Waals surface area contributed by atoms with Crippen molar-refractivity contribution in [3.05, 3.63) is 65.9 Å². The van der Waals surface area contributed by atoms with Gasteiger partial charge < -0.3 is 15.2 Å². The minimum atomic E-state index is -4.88. The van der Waals surface area contributed by atoms with Crippen molar-refractivity contribution in [3.63, 3.8) is 0 Å². The maximum absolute atomic E-state index is 12.0. The van der Waals surface area contributed by atoms with E-state index in [0.29, 0.717) is 17.1 Å². The second kappa shape index (κ2) is 11.4. The molecule has 0 atom stereocenters. The number of benzene rings is 2. The quantitative estimate of drug-likeness (QED) is 0.296. The molecule has 12 heteroatoms. The van der Waals surface area contributed by atoms with Crippen LogP contribution in [-0.4, -0.2) is 23.3 Å². The molecular formula is C20H19Cl2F3N4O3. The van der Waals surface area contributed by atoms with Crippen LogP contribution >= 0.6 is 24.8 Å². The predicted octanol–water partition coefficient (Wildman–Crippen LogP) is 5.24. The van der Waals surface area contributed by atoms with Crippen LogP contribution in [-0.2, 0) is 11.3 Å². The fraction of sp³-hybridized carbons (Fsp3) is 0.150. The van der Waals surface area contributed by atoms with E-state index in [-0.39, 0.29) is 31.4 Å². The van der Waals surface area contributed by atoms with E-state index in [2.05, 4.69) is 9.98 Å². The van der Waals surface area contributed by atoms with Crippen LogP contribution in [0.3, 0.4) is 0 Å². The lowest BCUT2D eigenvalue weighted by atomic mass is 10.2. The highest BCUT2D eigenvalue weighted by molar-refractivity contribution is 5.92. The van der Waals surface area contributed by atoms with Crippen molar-refractivity contribution < 1.29 is 27.4 Å². The highest BCUT2D eigenvalue weighted by Gasteiger charge is 2.27. The number of amides is 1. The van der Waals surface area contributed by atoms with Gasteiger partial charge in [0.2, 0.25) is 5.96 Å². The van der Waals surface area contributed by atoms with Crippen LogP contribution in [0.1, 0.15) is 11.3 Å². The average molecular weight is 491 g/mol. The number of pyridine rings is 1. The summed E-state index contributed by atoms with van der Waals surface area (Å²) in [4.78, 5) is 18.0. The summed E-state index contributed by atoms with van der Waals surface area (Å²) in [7, 11) is 0. The summed E-state index contributed by atoms with van der Waals surface area (Å²) in [6, 6.07) is 16.1. The zero-order valence-electron chi connectivity index (χ0n) is 16.6. The summed E-state index contributed by atoms with van der Waals surface area (Å²) in [5, 5.41) is 2.63. The standard InChI is InChI=1S/C20H17F3N4O3.2ClH/c1-12-2-5-14-10-16(8-9-17(14)25-12)30-15-6-3-13(4-7-15)11-29-19(28)26-18(24)27-20(21,22)23;;/h2-10H,11H2,1H3,(H3,24,26,27,28);2*1H. The third kappa shape index (κ3) is 8.12. The molecule has 1 amide bonds. The van der Waals surface area contributed by atoms with Crippen LogP contribution in [0, 0.1) is 6.92 Å². The van der Waals surface area contributed by atoms with E-state index >= 15 is 0 Å². The van der Waals surface area contributed by atoms with Gasteiger partial charge in [-0.1, -0.05) is 18.2 Å². The smallest absolute Gasteiger partial charge is 0.457 e. The summed E-state index contributed by atoms with van der Waals surface area (Å²) in [5.74, 6) is 0.0946. The molecule has 2 aromatic carbocycles. The number of hydrogen-bond donors (Lipinski definition) is 2. The van der Waals surface area contributed by atoms with Gasteiger partial charge in [-0.2, -0.15) is 4.99 Å². The maximum atomic E-state index is 12.0. The number of aryl methyl sites for hydroxylation is 1. The van der Waals surface area contributed by atoms with Crippen LogP contribution in [0.25, 0.3) is 10.9 Å². The Hall–Kier alpha value is -3.24. The van der Waals surface area contributed by atoms with Gasteiger partial charge in [0, 0.05) is 11.1 Å². The average Bonchev–Trinajstić information content (AvgIpc) is 2.66. The summed E-state index contributed by atoms with van der Waals surface area (Å²) < 4.78 is 46.7. The Morgan fingerprint density at radius 2 is 1.72 bits per heavy atom. The lowest BCUT2D eigenvalue weighted by Gasteiger charge is -2.09. The number of aromatic nitrogens is 1. The largest absolute Gasteiger partial charge is 0.506 e. The first kappa shape index (κ1) is 26.8. The maximum Gasteiger partial charge on any atom is 0.506 e. The zero-order valence-corrected chi connectivity index (χ0v) is 18.2. The Bertz CT molecular complexity index is 1090. The number of alkyl halides is 3. The van der Waals surface area contributed by atoms with Gasteiger partial charge in [-0.05, 0) is 48.9 Å². The highest BCUT2D eigenvalue weighted by atomic mass is 35.5. The second-order valence-electron chi connectivity index (χ2n) is 6.22. The lowest BCUT2D eigenvalue weighted by Crippen LogP contribution is -2.38. The van der Waals surface area contributed by atoms with Crippen LogP contribution in [0.2, 0.25) is 0 Å². The van der Waals surface area contributed by atoms with Crippen molar-refractivity contribution >= 4 is 47.8 Å². The number of nitrogens with zero attached hydrogens (tertiary/aromatic N) is 2. The van der Waals surface area contributed by atoms with Crippen LogP contribution in [0.15, 0.2) is 59.6 Å². The fourth-order valence-electron chi connectivity index (χ4n) is 2.51. The van der Waals surface area contributed by atoms with Crippen molar-refractivity contribution in [3.8, 4) is 11.5 Å². The van der Waals surface area contributed by atoms with E-state index in [4.69, 9.17) is 15.2 Å². The molecule has 0 saturated carbocycles. The van der Waals surface area contributed by atoms with Crippen LogP contribution in [0.4, 0.5) is 18.0 Å². The molecule has 0 aliphatic rings. The Balaban J connectivity index is 0.00000256. The summed E-state index contributed by atoms with van der Waals surface area (Å²) in [5.41, 5.74) is 7.36. The van der Waals surface area contributed by atoms with Crippen molar-refractivity contribution in [2.24, 2.45) is 10.7 Å². The number of fused-ring (bicyclic) bond motifs is 1. The molecule has 0 radical (unpaired) electrons. The minimum absolute atomic E-state index is 0. The van der Waals surface area contributed by atoms with Gasteiger partial charge in [-0.25, -0.2) is 4.79 Å². The monoisotopic (exact) mass is 490 g/mol. The number of guanidine groups is 1. The third-order valence-electron chi connectivity index (χ3n) is 3.81. The molecule has 32 heavy (non-hydrogen) atoms. The first-order valence-electron chi connectivity index (χ1n) is 8.68. The van der Waals surface area contributed by atoms with Crippen molar-refractivity contribution in [2.75, 3.05) is 0 Å². The number of halogens is 5. The van der Waals surface area contributed by atoms with Crippen LogP contribution < -0.4 is 15.8 Å². The molecule has 0 saturated heterocycles. The number of carbonyl (C=O) groups is 1. The van der Waals surface area contributed by atoms with E-state index in [1.54, 1.807) is 29.6 Å². The fourth-order valence-corrected chi connectivity index (χ4v) is 2.51. The summed E-state index contributed by atoms with van der Waals surface area (Å²) in [6.45, 7) is 1.75. The van der Waals surface area contributed by atoms with Gasteiger partial charge >= 0.3 is 12.4 Å². The number of aliphatic imine (C=N–C) groups is 1. The Labute approximate surface area is 193 Å². The van der Waals surface area contributed by atoms with E-state index in [0.717, 1.165) is 16.6 Å². The molecule has 1 aromatic heterocycles. The molecule has 172 valence electrons. The van der Waals surface area contributed by atoms with Gasteiger partial charge in [0.25, 0.3) is 0 Å². The van der Waals surface area contributed by atoms with Crippen molar-refractivity contribution in [1.29, 1.82) is 0 Å². The Morgan fingerprint density at radius 1 is 1.06 bits per heavy atom. The van der Waals surface area contributed by atoms with Crippen molar-refractivity contribution in [1.82, 2.24) is 10.3 Å². The number of nitrogens with one attached hydrogen (secondary N) is 1. The molecule has 7 nitrogen and oxygen atoms in total. The Kier molecular flexibility index (Phi) is 9.54. The number of rotatable bonds is 4. The van der Waals surface area contributed by atoms with Gasteiger partial charge in [0.1, 0.15) is 18.1 Å². The van der Waals surface area contributed by atoms with Crippen LogP contribution in [0.5, 0.6) is 11.5 Å². The number of alkyl carbamates (subject to hydrolysis) is 1. The lowest BCUT2D eigenvalue weighted by molar-refractivity contribution is -0.119. The number of hydrogen-bond acceptors (Lipinski definition) is 5. The molecule has 3 N–H and O–H groups in total. The first-order valence-corrected chi connectivity index (χ1v) is 8.68. The minimum Gasteiger partial charge on any atom is -0.457 e. The predicted molar refractivity (Wildman–Crippen MR) is 118 cm³/mol. The molecule has 0 unspecified atom stereocenters. The number of nitrogens with two attached hydrogens (primary N) is 1. The Morgan fingerprint density at radius 3 is 2.38 bits per heavy atom. The SMILES string of the molecule is Cc1ccc2cc(Oc3ccc(COC(=O)N/C(N)=N/C(F)(F)F)cc3)ccc2n1.Cl.Cl. The topological polar surface area (TPSA) is 98.8 Å². The van der Waals surface area contributed by atoms with E-state index < -0.39 is 18.4 Å². The van der Waals surface area contributed by atoms with E-state index in [1.807, 2.05) is 37.3 Å². The van der Waals surface area contributed by atoms with Gasteiger partial charge in [-0.3, -0.25) is 10.3 Å². The number of ether oxygens (including phenoxy) is 2. The molecule has 1 heterocycles. The molecular weight excluding hydrogens is 472 g/mol. The van der Waals surface area contributed by atoms with Crippen molar-refractivity contribution in [2.45, 2.75) is 19.8 Å². The summed E-state index contributed by atoms with van der Waals surface area (Å²) in [6.07, 6.45) is -6.03. The zero-order chi connectivity index (χ0) is 21.7. The molecule has 0 aliphatic heterocycles. The molecule has 0 aliphatic carbocycles. The van der Waals surface area contributed by atoms with E-state index in [1.165, 1.54) is 0 Å². The van der Waals surface area contributed by atoms with Gasteiger partial charge in [0.15, 0.2) is 0 Å². The van der Waals surface area contributed by atoms with E-state index in [9.17, 15) is 18.0 Å². The third-order valence-corrected chi connectivity index (χ3v) is 3.81. The molecule has 0 spiro atoms. The molecule has 0 bridgehead atoms. The molecule has 3 rings (SSSR count). The normalized spacial score (nSPS) is 11.2.